The van der Waals surface area contributed by atoms with E-state index in [9.17, 15) is 0 Å². The maximum Gasteiger partial charge on any atom is 0.221 e. The van der Waals surface area contributed by atoms with Gasteiger partial charge in [-0.2, -0.15) is 0 Å². The van der Waals surface area contributed by atoms with Gasteiger partial charge in [0.2, 0.25) is 11.8 Å². The first-order valence-electron chi connectivity index (χ1n) is 15.6. The lowest BCUT2D eigenvalue weighted by molar-refractivity contribution is 0.0491. The van der Waals surface area contributed by atoms with Crippen molar-refractivity contribution < 1.29 is 4.42 Å². The van der Waals surface area contributed by atoms with Crippen molar-refractivity contribution in [1.82, 2.24) is 24.9 Å². The molecule has 0 unspecified atom stereocenters. The third-order valence-corrected chi connectivity index (χ3v) is 8.19. The fourth-order valence-electron chi connectivity index (χ4n) is 5.02. The summed E-state index contributed by atoms with van der Waals surface area (Å²) < 4.78 is 5.59. The number of aromatic nitrogens is 2. The molecule has 0 radical (unpaired) electrons. The molecule has 0 atom stereocenters. The molecule has 1 aromatic heterocycles. The van der Waals surface area contributed by atoms with Crippen molar-refractivity contribution in [2.24, 2.45) is 11.3 Å². The Morgan fingerprint density at radius 3 is 1.21 bits per heavy atom. The molecule has 230 valence electrons. The molecule has 2 fully saturated rings. The number of hydrogen-bond donors (Lipinski definition) is 0. The minimum atomic E-state index is -0.0590. The lowest BCUT2D eigenvalue weighted by atomic mass is 9.75. The molecule has 2 saturated heterocycles. The van der Waals surface area contributed by atoms with Gasteiger partial charge in [-0.3, -0.25) is 9.80 Å². The van der Waals surface area contributed by atoms with Crippen LogP contribution in [0.2, 0.25) is 0 Å². The Kier molecular flexibility index (Phi) is 13.2. The van der Waals surface area contributed by atoms with Gasteiger partial charge in [0.15, 0.2) is 0 Å². The third-order valence-electron chi connectivity index (χ3n) is 8.19. The summed E-state index contributed by atoms with van der Waals surface area (Å²) in [5.74, 6) is 2.34. The van der Waals surface area contributed by atoms with Crippen molar-refractivity contribution in [1.29, 1.82) is 0 Å². The van der Waals surface area contributed by atoms with E-state index in [0.29, 0.717) is 28.8 Å². The Hall–Kier alpha value is -0.980. The van der Waals surface area contributed by atoms with Crippen LogP contribution in [-0.2, 0) is 10.8 Å². The molecule has 2 aliphatic heterocycles. The molecule has 0 aromatic carbocycles. The molecule has 0 amide bonds. The van der Waals surface area contributed by atoms with Gasteiger partial charge in [0, 0.05) is 54.6 Å². The zero-order chi connectivity index (χ0) is 30.4. The van der Waals surface area contributed by atoms with Crippen LogP contribution in [0.3, 0.4) is 0 Å². The lowest BCUT2D eigenvalue weighted by Gasteiger charge is -2.43. The van der Waals surface area contributed by atoms with Gasteiger partial charge in [-0.05, 0) is 85.7 Å². The molecule has 3 heterocycles. The van der Waals surface area contributed by atoms with Crippen LogP contribution < -0.4 is 0 Å². The molecule has 0 bridgehead atoms. The van der Waals surface area contributed by atoms with Crippen molar-refractivity contribution in [3.63, 3.8) is 0 Å². The average Bonchev–Trinajstić information content (AvgIpc) is 3.31. The van der Waals surface area contributed by atoms with Crippen molar-refractivity contribution in [2.45, 2.75) is 152 Å². The highest BCUT2D eigenvalue weighted by Crippen LogP contribution is 2.34. The van der Waals surface area contributed by atoms with Crippen molar-refractivity contribution in [3.8, 4) is 0 Å². The maximum atomic E-state index is 5.59. The number of piperidine rings is 1. The topological polar surface area (TPSA) is 48.6 Å². The van der Waals surface area contributed by atoms with E-state index in [1.807, 2.05) is 0 Å². The quantitative estimate of drug-likeness (QED) is 0.378. The monoisotopic (exact) mass is 550 g/mol. The van der Waals surface area contributed by atoms with E-state index in [-0.39, 0.29) is 10.8 Å². The Labute approximate surface area is 243 Å². The second kappa shape index (κ2) is 14.3. The Morgan fingerprint density at radius 2 is 0.949 bits per heavy atom. The van der Waals surface area contributed by atoms with Crippen LogP contribution in [0.15, 0.2) is 4.42 Å². The van der Waals surface area contributed by atoms with E-state index in [2.05, 4.69) is 136 Å². The lowest BCUT2D eigenvalue weighted by Crippen LogP contribution is -2.54. The SMILES string of the molecule is CC(C)(C)c1nnc(C(C)(C)C)o1.CC(C)N1CCC(C(C)(C)C)CC1.CC(C)N1CCN(C(C)(C)C)CC1. The van der Waals surface area contributed by atoms with Gasteiger partial charge in [-0.1, -0.05) is 62.3 Å². The van der Waals surface area contributed by atoms with Gasteiger partial charge in [-0.15, -0.1) is 10.2 Å². The first-order valence-corrected chi connectivity index (χ1v) is 15.6. The molecule has 6 heteroatoms. The fraction of sp³-hybridized carbons (Fsp3) is 0.939. The largest absolute Gasteiger partial charge is 0.424 e. The van der Waals surface area contributed by atoms with Gasteiger partial charge < -0.3 is 9.32 Å². The Bertz CT molecular complexity index is 734. The summed E-state index contributed by atoms with van der Waals surface area (Å²) in [7, 11) is 0. The molecule has 0 spiro atoms. The van der Waals surface area contributed by atoms with E-state index < -0.39 is 0 Å². The summed E-state index contributed by atoms with van der Waals surface area (Å²) in [6.45, 7) is 43.1. The molecule has 0 N–H and O–H groups in total. The molecule has 0 saturated carbocycles. The van der Waals surface area contributed by atoms with Crippen LogP contribution in [0, 0.1) is 11.3 Å². The first kappa shape index (κ1) is 36.0. The molecule has 6 nitrogen and oxygen atoms in total. The normalized spacial score (nSPS) is 19.5. The Morgan fingerprint density at radius 1 is 0.590 bits per heavy atom. The van der Waals surface area contributed by atoms with Crippen LogP contribution in [-0.4, -0.2) is 81.8 Å². The molecule has 2 aliphatic rings. The van der Waals surface area contributed by atoms with Gasteiger partial charge in [0.05, 0.1) is 0 Å². The summed E-state index contributed by atoms with van der Waals surface area (Å²) >= 11 is 0. The zero-order valence-electron chi connectivity index (χ0n) is 29.0. The average molecular weight is 550 g/mol. The van der Waals surface area contributed by atoms with Crippen molar-refractivity contribution in [2.75, 3.05) is 39.3 Å². The van der Waals surface area contributed by atoms with Crippen LogP contribution in [0.5, 0.6) is 0 Å². The number of piperazine rings is 1. The minimum Gasteiger partial charge on any atom is -0.424 e. The zero-order valence-corrected chi connectivity index (χ0v) is 29.0. The van der Waals surface area contributed by atoms with E-state index in [1.165, 1.54) is 52.1 Å². The highest BCUT2D eigenvalue weighted by atomic mass is 16.4. The summed E-state index contributed by atoms with van der Waals surface area (Å²) in [6, 6.07) is 1.45. The summed E-state index contributed by atoms with van der Waals surface area (Å²) in [5.41, 5.74) is 0.749. The van der Waals surface area contributed by atoms with Crippen LogP contribution in [0.4, 0.5) is 0 Å². The van der Waals surface area contributed by atoms with Crippen molar-refractivity contribution >= 4 is 0 Å². The fourth-order valence-corrected chi connectivity index (χ4v) is 5.02. The highest BCUT2D eigenvalue weighted by molar-refractivity contribution is 5.01. The van der Waals surface area contributed by atoms with E-state index in [1.54, 1.807) is 0 Å². The molecule has 39 heavy (non-hydrogen) atoms. The second-order valence-corrected chi connectivity index (χ2v) is 16.5. The highest BCUT2D eigenvalue weighted by Gasteiger charge is 2.30. The van der Waals surface area contributed by atoms with Crippen LogP contribution in [0.1, 0.15) is 135 Å². The minimum absolute atomic E-state index is 0.0590. The summed E-state index contributed by atoms with van der Waals surface area (Å²) in [4.78, 5) is 7.73. The van der Waals surface area contributed by atoms with Gasteiger partial charge in [0.1, 0.15) is 0 Å². The molecular formula is C33H67N5O. The molecular weight excluding hydrogens is 482 g/mol. The van der Waals surface area contributed by atoms with Gasteiger partial charge in [-0.25, -0.2) is 0 Å². The van der Waals surface area contributed by atoms with E-state index in [4.69, 9.17) is 4.42 Å². The van der Waals surface area contributed by atoms with Gasteiger partial charge in [0.25, 0.3) is 0 Å². The summed E-state index contributed by atoms with van der Waals surface area (Å²) in [5, 5.41) is 8.07. The molecule has 1 aromatic rings. The Balaban J connectivity index is 0.000000292. The van der Waals surface area contributed by atoms with E-state index >= 15 is 0 Å². The second-order valence-electron chi connectivity index (χ2n) is 16.5. The number of likely N-dealkylation sites (tertiary alicyclic amines) is 1. The van der Waals surface area contributed by atoms with E-state index in [0.717, 1.165) is 12.0 Å². The van der Waals surface area contributed by atoms with Crippen molar-refractivity contribution in [3.05, 3.63) is 11.8 Å². The predicted octanol–water partition coefficient (Wildman–Crippen LogP) is 7.63. The van der Waals surface area contributed by atoms with Gasteiger partial charge >= 0.3 is 0 Å². The maximum absolute atomic E-state index is 5.59. The summed E-state index contributed by atoms with van der Waals surface area (Å²) in [6.07, 6.45) is 2.78. The molecule has 0 aliphatic carbocycles. The number of rotatable bonds is 2. The number of nitrogens with zero attached hydrogens (tertiary/aromatic N) is 5. The third kappa shape index (κ3) is 12.6. The van der Waals surface area contributed by atoms with Crippen LogP contribution >= 0.6 is 0 Å². The standard InChI is InChI=1S/C12H25N.C11H24N2.C10H18N2O/c1-10(2)13-8-6-11(7-9-13)12(3,4)5;1-10(2)12-6-8-13(9-7-12)11(3,4)5;1-9(2,3)7-11-12-8(13-7)10(4,5)6/h10-11H,6-9H2,1-5H3;10H,6-9H2,1-5H3;1-6H3. The molecule has 3 rings (SSSR count). The smallest absolute Gasteiger partial charge is 0.221 e. The predicted molar refractivity (Wildman–Crippen MR) is 169 cm³/mol. The van der Waals surface area contributed by atoms with Crippen LogP contribution in [0.25, 0.3) is 0 Å². The first-order chi connectivity index (χ1) is 17.5. The number of hydrogen-bond acceptors (Lipinski definition) is 6.